The van der Waals surface area contributed by atoms with Gasteiger partial charge < -0.3 is 0 Å². The van der Waals surface area contributed by atoms with E-state index in [1.807, 2.05) is 24.6 Å². The van der Waals surface area contributed by atoms with Crippen molar-refractivity contribution in [2.75, 3.05) is 0 Å². The molecule has 0 fully saturated rings. The van der Waals surface area contributed by atoms with Crippen LogP contribution in [0, 0.1) is 18.8 Å². The predicted octanol–water partition coefficient (Wildman–Crippen LogP) is 3.97. The van der Waals surface area contributed by atoms with Crippen LogP contribution in [0.4, 0.5) is 0 Å². The monoisotopic (exact) mass is 282 g/mol. The lowest BCUT2D eigenvalue weighted by molar-refractivity contribution is 1.27. The van der Waals surface area contributed by atoms with E-state index in [1.54, 1.807) is 28.9 Å². The molecule has 0 aliphatic rings. The number of aryl methyl sites for hydroxylation is 1. The smallest absolute Gasteiger partial charge is 0.124 e. The zero-order valence-corrected chi connectivity index (χ0v) is 11.9. The fraction of sp³-hybridized carbons (Fsp3) is 0.0667. The van der Waals surface area contributed by atoms with Crippen molar-refractivity contribution in [1.82, 2.24) is 9.97 Å². The SMILES string of the molecule is Cc1nc(C#Cc2cncc(-c3cccs3)c2)cs1. The second kappa shape index (κ2) is 5.35. The van der Waals surface area contributed by atoms with Gasteiger partial charge in [-0.3, -0.25) is 4.98 Å². The molecule has 0 aromatic carbocycles. The van der Waals surface area contributed by atoms with E-state index in [2.05, 4.69) is 39.3 Å². The van der Waals surface area contributed by atoms with Gasteiger partial charge in [-0.05, 0) is 30.4 Å². The van der Waals surface area contributed by atoms with Gasteiger partial charge in [0.1, 0.15) is 5.69 Å². The fourth-order valence-corrected chi connectivity index (χ4v) is 2.90. The van der Waals surface area contributed by atoms with Gasteiger partial charge in [-0.2, -0.15) is 0 Å². The van der Waals surface area contributed by atoms with E-state index in [4.69, 9.17) is 0 Å². The van der Waals surface area contributed by atoms with Crippen LogP contribution in [0.5, 0.6) is 0 Å². The Hall–Kier alpha value is -1.96. The van der Waals surface area contributed by atoms with Gasteiger partial charge in [0.25, 0.3) is 0 Å². The Kier molecular flexibility index (Phi) is 3.41. The lowest BCUT2D eigenvalue weighted by atomic mass is 10.2. The van der Waals surface area contributed by atoms with E-state index in [9.17, 15) is 0 Å². The van der Waals surface area contributed by atoms with Gasteiger partial charge in [0.2, 0.25) is 0 Å². The molecule has 0 bridgehead atoms. The molecule has 3 aromatic rings. The molecule has 0 atom stereocenters. The average molecular weight is 282 g/mol. The summed E-state index contributed by atoms with van der Waals surface area (Å²) < 4.78 is 0. The van der Waals surface area contributed by atoms with E-state index >= 15 is 0 Å². The predicted molar refractivity (Wildman–Crippen MR) is 80.4 cm³/mol. The zero-order valence-electron chi connectivity index (χ0n) is 10.3. The Morgan fingerprint density at radius 1 is 1.16 bits per heavy atom. The summed E-state index contributed by atoms with van der Waals surface area (Å²) in [6, 6.07) is 6.18. The first-order valence-electron chi connectivity index (χ1n) is 5.74. The van der Waals surface area contributed by atoms with Crippen LogP contribution in [0.3, 0.4) is 0 Å². The molecular weight excluding hydrogens is 272 g/mol. The quantitative estimate of drug-likeness (QED) is 0.631. The molecule has 0 radical (unpaired) electrons. The molecule has 0 amide bonds. The molecular formula is C15H10N2S2. The Morgan fingerprint density at radius 2 is 2.11 bits per heavy atom. The first-order chi connectivity index (χ1) is 9.31. The van der Waals surface area contributed by atoms with Crippen molar-refractivity contribution in [2.24, 2.45) is 0 Å². The van der Waals surface area contributed by atoms with Crippen LogP contribution in [0.2, 0.25) is 0 Å². The first-order valence-corrected chi connectivity index (χ1v) is 7.50. The topological polar surface area (TPSA) is 25.8 Å². The van der Waals surface area contributed by atoms with Gasteiger partial charge in [-0.1, -0.05) is 12.0 Å². The summed E-state index contributed by atoms with van der Waals surface area (Å²) in [6.45, 7) is 1.98. The molecule has 4 heteroatoms. The number of thiazole rings is 1. The third kappa shape index (κ3) is 2.90. The molecule has 3 rings (SSSR count). The lowest BCUT2D eigenvalue weighted by Gasteiger charge is -1.96. The molecule has 0 saturated heterocycles. The summed E-state index contributed by atoms with van der Waals surface area (Å²) in [7, 11) is 0. The molecule has 19 heavy (non-hydrogen) atoms. The molecule has 0 spiro atoms. The van der Waals surface area contributed by atoms with E-state index in [1.165, 1.54) is 4.88 Å². The van der Waals surface area contributed by atoms with Crippen molar-refractivity contribution in [1.29, 1.82) is 0 Å². The molecule has 0 N–H and O–H groups in total. The number of hydrogen-bond donors (Lipinski definition) is 0. The second-order valence-electron chi connectivity index (χ2n) is 3.94. The number of pyridine rings is 1. The fourth-order valence-electron chi connectivity index (χ4n) is 1.64. The summed E-state index contributed by atoms with van der Waals surface area (Å²) in [5.41, 5.74) is 2.84. The highest BCUT2D eigenvalue weighted by molar-refractivity contribution is 7.13. The van der Waals surface area contributed by atoms with E-state index in [0.29, 0.717) is 0 Å². The van der Waals surface area contributed by atoms with Crippen LogP contribution >= 0.6 is 22.7 Å². The van der Waals surface area contributed by atoms with Crippen molar-refractivity contribution >= 4 is 22.7 Å². The summed E-state index contributed by atoms with van der Waals surface area (Å²) in [4.78, 5) is 9.78. The van der Waals surface area contributed by atoms with E-state index < -0.39 is 0 Å². The van der Waals surface area contributed by atoms with Gasteiger partial charge in [-0.25, -0.2) is 4.98 Å². The van der Waals surface area contributed by atoms with Crippen LogP contribution < -0.4 is 0 Å². The Balaban J connectivity index is 1.90. The third-order valence-corrected chi connectivity index (χ3v) is 4.19. The molecule has 2 nitrogen and oxygen atoms in total. The molecule has 0 unspecified atom stereocenters. The maximum Gasteiger partial charge on any atom is 0.124 e. The molecule has 92 valence electrons. The van der Waals surface area contributed by atoms with Crippen molar-refractivity contribution in [2.45, 2.75) is 6.92 Å². The number of thiophene rings is 1. The summed E-state index contributed by atoms with van der Waals surface area (Å²) in [5, 5.41) is 5.07. The van der Waals surface area contributed by atoms with Gasteiger partial charge >= 0.3 is 0 Å². The van der Waals surface area contributed by atoms with E-state index in [0.717, 1.165) is 21.8 Å². The molecule has 3 heterocycles. The maximum absolute atomic E-state index is 4.32. The number of aromatic nitrogens is 2. The molecule has 0 aliphatic carbocycles. The average Bonchev–Trinajstić information content (AvgIpc) is 3.08. The minimum atomic E-state index is 0.823. The number of nitrogens with zero attached hydrogens (tertiary/aromatic N) is 2. The van der Waals surface area contributed by atoms with Crippen molar-refractivity contribution in [3.63, 3.8) is 0 Å². The van der Waals surface area contributed by atoms with Crippen LogP contribution in [0.1, 0.15) is 16.3 Å². The highest BCUT2D eigenvalue weighted by Gasteiger charge is 1.99. The van der Waals surface area contributed by atoms with Crippen molar-refractivity contribution in [3.8, 4) is 22.3 Å². The second-order valence-corrected chi connectivity index (χ2v) is 5.95. The Labute approximate surface area is 119 Å². The van der Waals surface area contributed by atoms with Crippen LogP contribution in [0.15, 0.2) is 41.4 Å². The number of rotatable bonds is 1. The first kappa shape index (κ1) is 12.1. The van der Waals surface area contributed by atoms with Gasteiger partial charge in [0.15, 0.2) is 0 Å². The van der Waals surface area contributed by atoms with Crippen molar-refractivity contribution < 1.29 is 0 Å². The zero-order chi connectivity index (χ0) is 13.1. The molecule has 3 aromatic heterocycles. The minimum Gasteiger partial charge on any atom is -0.263 e. The lowest BCUT2D eigenvalue weighted by Crippen LogP contribution is -1.81. The highest BCUT2D eigenvalue weighted by atomic mass is 32.1. The molecule has 0 aliphatic heterocycles. The standard InChI is InChI=1S/C15H10N2S2/c1-11-17-14(10-19-11)5-4-12-7-13(9-16-8-12)15-3-2-6-18-15/h2-3,6-10H,1H3. The Bertz CT molecular complexity index is 746. The highest BCUT2D eigenvalue weighted by Crippen LogP contribution is 2.24. The van der Waals surface area contributed by atoms with E-state index in [-0.39, 0.29) is 0 Å². The summed E-state index contributed by atoms with van der Waals surface area (Å²) >= 11 is 3.32. The van der Waals surface area contributed by atoms with Crippen LogP contribution in [-0.4, -0.2) is 9.97 Å². The third-order valence-electron chi connectivity index (χ3n) is 2.50. The van der Waals surface area contributed by atoms with Gasteiger partial charge in [0.05, 0.1) is 5.01 Å². The van der Waals surface area contributed by atoms with Crippen LogP contribution in [-0.2, 0) is 0 Å². The molecule has 0 saturated carbocycles. The van der Waals surface area contributed by atoms with Gasteiger partial charge in [-0.15, -0.1) is 22.7 Å². The summed E-state index contributed by atoms with van der Waals surface area (Å²) in [6.07, 6.45) is 3.65. The number of hydrogen-bond acceptors (Lipinski definition) is 4. The van der Waals surface area contributed by atoms with Crippen LogP contribution in [0.25, 0.3) is 10.4 Å². The van der Waals surface area contributed by atoms with Gasteiger partial charge in [0, 0.05) is 33.8 Å². The van der Waals surface area contributed by atoms with Crippen molar-refractivity contribution in [3.05, 3.63) is 57.6 Å². The Morgan fingerprint density at radius 3 is 2.84 bits per heavy atom. The maximum atomic E-state index is 4.32. The normalized spacial score (nSPS) is 9.95. The largest absolute Gasteiger partial charge is 0.263 e. The minimum absolute atomic E-state index is 0.823. The summed E-state index contributed by atoms with van der Waals surface area (Å²) in [5.74, 6) is 6.18.